The number of aromatic nitrogens is 3. The van der Waals surface area contributed by atoms with E-state index in [0.29, 0.717) is 48.5 Å². The summed E-state index contributed by atoms with van der Waals surface area (Å²) in [5.41, 5.74) is 3.17. The predicted molar refractivity (Wildman–Crippen MR) is 150 cm³/mol. The van der Waals surface area contributed by atoms with Crippen LogP contribution in [0.4, 0.5) is 17.5 Å². The monoisotopic (exact) mass is 540 g/mol. The van der Waals surface area contributed by atoms with Crippen LogP contribution in [-0.2, 0) is 10.2 Å². The molecule has 0 bridgehead atoms. The smallest absolute Gasteiger partial charge is 0.274 e. The van der Waals surface area contributed by atoms with Crippen molar-refractivity contribution >= 4 is 52.4 Å². The summed E-state index contributed by atoms with van der Waals surface area (Å²) in [5, 5.41) is 16.2. The van der Waals surface area contributed by atoms with Crippen LogP contribution in [0.5, 0.6) is 0 Å². The molecule has 1 aromatic carbocycles. The zero-order valence-electron chi connectivity index (χ0n) is 21.4. The van der Waals surface area contributed by atoms with E-state index < -0.39 is 5.41 Å². The molecule has 11 heteroatoms. The van der Waals surface area contributed by atoms with E-state index >= 15 is 0 Å². The first-order valence-corrected chi connectivity index (χ1v) is 12.9. The van der Waals surface area contributed by atoms with Gasteiger partial charge in [0.2, 0.25) is 5.95 Å². The standard InChI is InChI=1S/C28H25ClN8O2/c1-28(2,15-30)17-5-6-31-23(10-17)26(38)34-18-3-4-22(29)20(11-18)21-9-16-12-33-27(35-19-13-39-14-19)36-24(16)37-8-7-32-25(21)37/h3-6,9-12,19H,7-8,13-14H2,1-2H3,(H,34,38)(H,33,35,36). The van der Waals surface area contributed by atoms with Gasteiger partial charge in [-0.3, -0.25) is 14.8 Å². The minimum Gasteiger partial charge on any atom is -0.377 e. The Bertz CT molecular complexity index is 1590. The van der Waals surface area contributed by atoms with Crippen molar-refractivity contribution in [3.8, 4) is 6.07 Å². The highest BCUT2D eigenvalue weighted by Gasteiger charge is 2.32. The number of ether oxygens (including phenoxy) is 1. The number of halogens is 1. The van der Waals surface area contributed by atoms with E-state index in [2.05, 4.69) is 31.6 Å². The van der Waals surface area contributed by atoms with Crippen molar-refractivity contribution in [1.29, 1.82) is 5.26 Å². The second kappa shape index (κ2) is 9.76. The van der Waals surface area contributed by atoms with Crippen LogP contribution in [0.2, 0.25) is 5.02 Å². The number of rotatable bonds is 6. The number of pyridine rings is 1. The number of aliphatic imine (C=N–C) groups is 1. The number of carbonyl (C=O) groups is 1. The summed E-state index contributed by atoms with van der Waals surface area (Å²) in [4.78, 5) is 33.3. The van der Waals surface area contributed by atoms with E-state index in [1.807, 2.05) is 12.1 Å². The van der Waals surface area contributed by atoms with Gasteiger partial charge >= 0.3 is 0 Å². The van der Waals surface area contributed by atoms with Crippen molar-refractivity contribution in [3.63, 3.8) is 0 Å². The number of anilines is 3. The summed E-state index contributed by atoms with van der Waals surface area (Å²) in [6.07, 6.45) is 5.31. The number of hydrogen-bond donors (Lipinski definition) is 2. The number of nitrogens with zero attached hydrogens (tertiary/aromatic N) is 6. The molecule has 3 aromatic rings. The Morgan fingerprint density at radius 1 is 1.23 bits per heavy atom. The summed E-state index contributed by atoms with van der Waals surface area (Å²) >= 11 is 6.67. The number of carbonyl (C=O) groups excluding carboxylic acids is 1. The summed E-state index contributed by atoms with van der Waals surface area (Å²) in [5.74, 6) is 1.74. The molecule has 1 saturated heterocycles. The third-order valence-corrected chi connectivity index (χ3v) is 7.24. The molecule has 2 N–H and O–H groups in total. The van der Waals surface area contributed by atoms with Gasteiger partial charge in [0.15, 0.2) is 0 Å². The molecule has 0 aliphatic carbocycles. The number of fused-ring (bicyclic) bond motifs is 3. The van der Waals surface area contributed by atoms with Crippen molar-refractivity contribution in [2.45, 2.75) is 25.3 Å². The Labute approximate surface area is 230 Å². The molecule has 0 radical (unpaired) electrons. The molecule has 3 aliphatic rings. The molecule has 196 valence electrons. The van der Waals surface area contributed by atoms with Crippen LogP contribution in [0.15, 0.2) is 47.7 Å². The topological polar surface area (TPSA) is 128 Å². The Balaban J connectivity index is 1.30. The van der Waals surface area contributed by atoms with Crippen LogP contribution in [0.3, 0.4) is 0 Å². The fourth-order valence-electron chi connectivity index (χ4n) is 4.59. The van der Waals surface area contributed by atoms with Crippen LogP contribution < -0.4 is 15.5 Å². The van der Waals surface area contributed by atoms with Crippen LogP contribution >= 0.6 is 11.6 Å². The normalized spacial score (nSPS) is 16.3. The molecule has 5 heterocycles. The van der Waals surface area contributed by atoms with Gasteiger partial charge in [-0.1, -0.05) is 11.6 Å². The Kier molecular flexibility index (Phi) is 6.25. The van der Waals surface area contributed by atoms with E-state index in [-0.39, 0.29) is 17.6 Å². The van der Waals surface area contributed by atoms with Crippen molar-refractivity contribution < 1.29 is 9.53 Å². The summed E-state index contributed by atoms with van der Waals surface area (Å²) in [6, 6.07) is 11.2. The van der Waals surface area contributed by atoms with Gasteiger partial charge in [-0.05, 0) is 55.8 Å². The Morgan fingerprint density at radius 3 is 2.85 bits per heavy atom. The molecular weight excluding hydrogens is 516 g/mol. The van der Waals surface area contributed by atoms with Gasteiger partial charge < -0.3 is 20.3 Å². The molecule has 0 atom stereocenters. The minimum absolute atomic E-state index is 0.219. The van der Waals surface area contributed by atoms with E-state index in [1.165, 1.54) is 6.20 Å². The second-order valence-electron chi connectivity index (χ2n) is 10.1. The third kappa shape index (κ3) is 4.71. The molecule has 1 fully saturated rings. The van der Waals surface area contributed by atoms with E-state index in [0.717, 1.165) is 28.4 Å². The highest BCUT2D eigenvalue weighted by atomic mass is 35.5. The van der Waals surface area contributed by atoms with Crippen LogP contribution in [0.1, 0.15) is 41.0 Å². The Morgan fingerprint density at radius 2 is 2.08 bits per heavy atom. The fraction of sp³-hybridized carbons (Fsp3) is 0.286. The lowest BCUT2D eigenvalue weighted by atomic mass is 9.86. The predicted octanol–water partition coefficient (Wildman–Crippen LogP) is 4.16. The largest absolute Gasteiger partial charge is 0.377 e. The zero-order chi connectivity index (χ0) is 27.1. The molecule has 10 nitrogen and oxygen atoms in total. The average molecular weight is 541 g/mol. The highest BCUT2D eigenvalue weighted by molar-refractivity contribution is 6.40. The lowest BCUT2D eigenvalue weighted by Gasteiger charge is -2.30. The SMILES string of the molecule is CC(C)(C#N)c1ccnc(C(=O)Nc2ccc(Cl)c(C3=Cc4cnc(NC5COC5)nc4N4CCN=C34)c2)c1. The molecule has 3 aliphatic heterocycles. The molecule has 39 heavy (non-hydrogen) atoms. The number of amidine groups is 1. The van der Waals surface area contributed by atoms with Gasteiger partial charge in [0, 0.05) is 46.3 Å². The van der Waals surface area contributed by atoms with Crippen molar-refractivity contribution in [1.82, 2.24) is 15.0 Å². The number of hydrogen-bond acceptors (Lipinski definition) is 9. The number of benzene rings is 1. The maximum absolute atomic E-state index is 13.1. The number of amides is 1. The molecule has 1 amide bonds. The van der Waals surface area contributed by atoms with Gasteiger partial charge in [-0.15, -0.1) is 0 Å². The minimum atomic E-state index is -0.741. The van der Waals surface area contributed by atoms with Gasteiger partial charge in [0.25, 0.3) is 5.91 Å². The molecule has 0 saturated carbocycles. The van der Waals surface area contributed by atoms with E-state index in [1.54, 1.807) is 44.3 Å². The first-order chi connectivity index (χ1) is 18.8. The van der Waals surface area contributed by atoms with E-state index in [4.69, 9.17) is 26.3 Å². The fourth-order valence-corrected chi connectivity index (χ4v) is 4.81. The maximum atomic E-state index is 13.1. The first-order valence-electron chi connectivity index (χ1n) is 12.6. The molecule has 0 spiro atoms. The van der Waals surface area contributed by atoms with Crippen molar-refractivity contribution in [2.75, 3.05) is 41.8 Å². The lowest BCUT2D eigenvalue weighted by molar-refractivity contribution is 0.0208. The van der Waals surface area contributed by atoms with Gasteiger partial charge in [0.1, 0.15) is 17.3 Å². The molecule has 6 rings (SSSR count). The second-order valence-corrected chi connectivity index (χ2v) is 10.5. The summed E-state index contributed by atoms with van der Waals surface area (Å²) < 4.78 is 5.23. The molecule has 0 unspecified atom stereocenters. The third-order valence-electron chi connectivity index (χ3n) is 6.91. The van der Waals surface area contributed by atoms with E-state index in [9.17, 15) is 10.1 Å². The Hall–Kier alpha value is -4.33. The van der Waals surface area contributed by atoms with Crippen molar-refractivity contribution in [3.05, 3.63) is 70.1 Å². The lowest BCUT2D eigenvalue weighted by Crippen LogP contribution is -2.41. The molecule has 2 aromatic heterocycles. The zero-order valence-corrected chi connectivity index (χ0v) is 22.2. The molecular formula is C28H25ClN8O2. The quantitative estimate of drug-likeness (QED) is 0.477. The number of nitrogens with one attached hydrogen (secondary N) is 2. The van der Waals surface area contributed by atoms with Crippen molar-refractivity contribution in [2.24, 2.45) is 4.99 Å². The summed E-state index contributed by atoms with van der Waals surface area (Å²) in [6.45, 7) is 6.21. The summed E-state index contributed by atoms with van der Waals surface area (Å²) in [7, 11) is 0. The highest BCUT2D eigenvalue weighted by Crippen LogP contribution is 2.38. The maximum Gasteiger partial charge on any atom is 0.274 e. The number of nitriles is 1. The van der Waals surface area contributed by atoms with Gasteiger partial charge in [-0.2, -0.15) is 10.2 Å². The van der Waals surface area contributed by atoms with Crippen LogP contribution in [-0.4, -0.2) is 59.0 Å². The van der Waals surface area contributed by atoms with Gasteiger partial charge in [0.05, 0.1) is 37.3 Å². The first kappa shape index (κ1) is 25.0. The van der Waals surface area contributed by atoms with Crippen LogP contribution in [0.25, 0.3) is 11.6 Å². The van der Waals surface area contributed by atoms with Gasteiger partial charge in [-0.25, -0.2) is 4.98 Å². The van der Waals surface area contributed by atoms with Crippen LogP contribution in [0, 0.1) is 11.3 Å². The average Bonchev–Trinajstić information content (AvgIpc) is 3.42.